The van der Waals surface area contributed by atoms with E-state index in [2.05, 4.69) is 27.7 Å². The first-order valence-electron chi connectivity index (χ1n) is 5.44. The molecule has 0 aromatic heterocycles. The Hall–Kier alpha value is -0.610. The second kappa shape index (κ2) is 3.76. The number of nitrogens with two attached hydrogens (primary N) is 1. The average molecular weight is 213 g/mol. The van der Waals surface area contributed by atoms with Crippen LogP contribution in [-0.4, -0.2) is 41.6 Å². The van der Waals surface area contributed by atoms with Crippen LogP contribution in [0.4, 0.5) is 0 Å². The van der Waals surface area contributed by atoms with Crippen molar-refractivity contribution < 1.29 is 4.79 Å². The van der Waals surface area contributed by atoms with Gasteiger partial charge in [0, 0.05) is 25.6 Å². The molecule has 1 aliphatic heterocycles. The lowest BCUT2D eigenvalue weighted by molar-refractivity contribution is -0.141. The van der Waals surface area contributed by atoms with Gasteiger partial charge < -0.3 is 5.73 Å². The Morgan fingerprint density at radius 3 is 2.33 bits per heavy atom. The van der Waals surface area contributed by atoms with Crippen LogP contribution in [0.25, 0.3) is 0 Å². The molecule has 1 rings (SSSR count). The smallest absolute Gasteiger partial charge is 0.238 e. The number of carbonyl (C=O) groups excluding carboxylic acids is 1. The van der Waals surface area contributed by atoms with Crippen molar-refractivity contribution in [2.24, 2.45) is 11.1 Å². The number of amides is 1. The lowest BCUT2D eigenvalue weighted by Gasteiger charge is -2.37. The number of carbonyl (C=O) groups is 1. The quantitative estimate of drug-likeness (QED) is 0.755. The molecule has 15 heavy (non-hydrogen) atoms. The van der Waals surface area contributed by atoms with E-state index in [1.807, 2.05) is 17.1 Å². The van der Waals surface area contributed by atoms with E-state index in [9.17, 15) is 4.79 Å². The van der Waals surface area contributed by atoms with E-state index in [1.165, 1.54) is 0 Å². The lowest BCUT2D eigenvalue weighted by Crippen LogP contribution is -2.49. The van der Waals surface area contributed by atoms with Crippen LogP contribution in [0.1, 0.15) is 34.1 Å². The summed E-state index contributed by atoms with van der Waals surface area (Å²) in [6, 6.07) is 0. The predicted molar refractivity (Wildman–Crippen MR) is 61.0 cm³/mol. The van der Waals surface area contributed by atoms with Crippen molar-refractivity contribution in [3.8, 4) is 0 Å². The molecular formula is C11H23N3O. The van der Waals surface area contributed by atoms with Crippen LogP contribution in [0.15, 0.2) is 0 Å². The summed E-state index contributed by atoms with van der Waals surface area (Å²) in [5, 5.41) is 3.86. The molecule has 2 N–H and O–H groups in total. The van der Waals surface area contributed by atoms with Gasteiger partial charge >= 0.3 is 0 Å². The van der Waals surface area contributed by atoms with Crippen molar-refractivity contribution in [1.82, 2.24) is 10.0 Å². The molecule has 4 heteroatoms. The highest BCUT2D eigenvalue weighted by Crippen LogP contribution is 2.30. The first kappa shape index (κ1) is 12.5. The minimum atomic E-state index is -0.0677. The van der Waals surface area contributed by atoms with Crippen molar-refractivity contribution >= 4 is 5.91 Å². The largest absolute Gasteiger partial charge is 0.330 e. The monoisotopic (exact) mass is 213 g/mol. The van der Waals surface area contributed by atoms with Crippen LogP contribution in [0.3, 0.4) is 0 Å². The van der Waals surface area contributed by atoms with Crippen molar-refractivity contribution in [2.45, 2.75) is 39.7 Å². The third-order valence-electron chi connectivity index (χ3n) is 3.24. The van der Waals surface area contributed by atoms with Gasteiger partial charge in [0.2, 0.25) is 5.91 Å². The summed E-state index contributed by atoms with van der Waals surface area (Å²) in [4.78, 5) is 11.8. The average Bonchev–Trinajstić information content (AvgIpc) is 2.28. The summed E-state index contributed by atoms with van der Waals surface area (Å²) in [5.41, 5.74) is 5.60. The fourth-order valence-corrected chi connectivity index (χ4v) is 1.73. The van der Waals surface area contributed by atoms with Crippen LogP contribution in [-0.2, 0) is 4.79 Å². The van der Waals surface area contributed by atoms with Gasteiger partial charge in [-0.25, -0.2) is 5.01 Å². The number of hydrazine groups is 1. The Labute approximate surface area is 92.4 Å². The molecule has 0 aliphatic carbocycles. The molecule has 0 aromatic carbocycles. The highest BCUT2D eigenvalue weighted by molar-refractivity contribution is 5.79. The molecule has 1 fully saturated rings. The molecule has 0 unspecified atom stereocenters. The van der Waals surface area contributed by atoms with Crippen molar-refractivity contribution in [3.63, 3.8) is 0 Å². The van der Waals surface area contributed by atoms with E-state index in [4.69, 9.17) is 5.73 Å². The van der Waals surface area contributed by atoms with Gasteiger partial charge in [0.05, 0.1) is 0 Å². The van der Waals surface area contributed by atoms with Gasteiger partial charge in [-0.2, -0.15) is 0 Å². The summed E-state index contributed by atoms with van der Waals surface area (Å²) in [7, 11) is 1.97. The predicted octanol–water partition coefficient (Wildman–Crippen LogP) is 0.829. The van der Waals surface area contributed by atoms with Gasteiger partial charge in [-0.15, -0.1) is 0 Å². The summed E-state index contributed by atoms with van der Waals surface area (Å²) < 4.78 is 0. The maximum Gasteiger partial charge on any atom is 0.238 e. The zero-order valence-electron chi connectivity index (χ0n) is 10.5. The molecule has 0 atom stereocenters. The molecular weight excluding hydrogens is 190 g/mol. The fourth-order valence-electron chi connectivity index (χ4n) is 1.73. The van der Waals surface area contributed by atoms with E-state index < -0.39 is 0 Å². The van der Waals surface area contributed by atoms with Crippen LogP contribution < -0.4 is 5.73 Å². The lowest BCUT2D eigenvalue weighted by atomic mass is 9.93. The van der Waals surface area contributed by atoms with Gasteiger partial charge in [0.25, 0.3) is 0 Å². The van der Waals surface area contributed by atoms with E-state index in [0.717, 1.165) is 0 Å². The molecule has 0 spiro atoms. The molecule has 0 bridgehead atoms. The second-order valence-corrected chi connectivity index (χ2v) is 5.83. The third-order valence-corrected chi connectivity index (χ3v) is 3.24. The van der Waals surface area contributed by atoms with E-state index in [-0.39, 0.29) is 16.9 Å². The highest BCUT2D eigenvalue weighted by Gasteiger charge is 2.42. The zero-order chi connectivity index (χ0) is 11.9. The van der Waals surface area contributed by atoms with Crippen LogP contribution in [0.2, 0.25) is 0 Å². The molecule has 1 saturated heterocycles. The van der Waals surface area contributed by atoms with Crippen LogP contribution >= 0.6 is 0 Å². The molecule has 88 valence electrons. The Balaban J connectivity index is 2.76. The molecule has 1 heterocycles. The minimum absolute atomic E-state index is 0.0235. The van der Waals surface area contributed by atoms with Crippen molar-refractivity contribution in [1.29, 1.82) is 0 Å². The third kappa shape index (κ3) is 2.49. The SMILES string of the molecule is CN1N(CC(C)(C)CN)C(=O)CC1(C)C. The summed E-state index contributed by atoms with van der Waals surface area (Å²) in [6.07, 6.45) is 0.587. The Morgan fingerprint density at radius 2 is 2.00 bits per heavy atom. The van der Waals surface area contributed by atoms with Gasteiger partial charge in [0.15, 0.2) is 0 Å². The van der Waals surface area contributed by atoms with Crippen molar-refractivity contribution in [2.75, 3.05) is 20.1 Å². The fraction of sp³-hybridized carbons (Fsp3) is 0.909. The van der Waals surface area contributed by atoms with Crippen molar-refractivity contribution in [3.05, 3.63) is 0 Å². The Kier molecular flexibility index (Phi) is 3.12. The standard InChI is InChI=1S/C11H23N3O/c1-10(2,7-12)8-14-9(15)6-11(3,4)13(14)5/h6-8,12H2,1-5H3. The van der Waals surface area contributed by atoms with Gasteiger partial charge in [-0.1, -0.05) is 13.8 Å². The molecule has 1 aliphatic rings. The maximum absolute atomic E-state index is 11.8. The molecule has 0 aromatic rings. The normalized spacial score (nSPS) is 22.5. The minimum Gasteiger partial charge on any atom is -0.330 e. The van der Waals surface area contributed by atoms with Crippen LogP contribution in [0, 0.1) is 5.41 Å². The van der Waals surface area contributed by atoms with Gasteiger partial charge in [-0.05, 0) is 25.8 Å². The Bertz CT molecular complexity index is 261. The first-order chi connectivity index (χ1) is 6.69. The van der Waals surface area contributed by atoms with Gasteiger partial charge in [0.1, 0.15) is 0 Å². The zero-order valence-corrected chi connectivity index (χ0v) is 10.5. The first-order valence-corrected chi connectivity index (χ1v) is 5.44. The van der Waals surface area contributed by atoms with E-state index >= 15 is 0 Å². The summed E-state index contributed by atoms with van der Waals surface area (Å²) >= 11 is 0. The number of rotatable bonds is 3. The van der Waals surface area contributed by atoms with Crippen LogP contribution in [0.5, 0.6) is 0 Å². The summed E-state index contributed by atoms with van der Waals surface area (Å²) in [6.45, 7) is 9.62. The number of hydrogen-bond donors (Lipinski definition) is 1. The number of nitrogens with zero attached hydrogens (tertiary/aromatic N) is 2. The van der Waals surface area contributed by atoms with Gasteiger partial charge in [-0.3, -0.25) is 9.80 Å². The topological polar surface area (TPSA) is 49.6 Å². The summed E-state index contributed by atoms with van der Waals surface area (Å²) in [5.74, 6) is 0.198. The molecule has 0 saturated carbocycles. The molecule has 0 radical (unpaired) electrons. The molecule has 4 nitrogen and oxygen atoms in total. The molecule has 1 amide bonds. The second-order valence-electron chi connectivity index (χ2n) is 5.83. The Morgan fingerprint density at radius 1 is 1.47 bits per heavy atom. The highest BCUT2D eigenvalue weighted by atomic mass is 16.2. The van der Waals surface area contributed by atoms with E-state index in [1.54, 1.807) is 0 Å². The number of hydrogen-bond acceptors (Lipinski definition) is 3. The maximum atomic E-state index is 11.8. The van der Waals surface area contributed by atoms with E-state index in [0.29, 0.717) is 19.5 Å².